The van der Waals surface area contributed by atoms with E-state index in [2.05, 4.69) is 16.9 Å². The minimum Gasteiger partial charge on any atom is -0.335 e. The van der Waals surface area contributed by atoms with E-state index in [9.17, 15) is 4.79 Å². The molecule has 0 saturated heterocycles. The number of imidazole rings is 1. The molecule has 0 saturated carbocycles. The third-order valence-electron chi connectivity index (χ3n) is 3.86. The van der Waals surface area contributed by atoms with Crippen LogP contribution in [0.5, 0.6) is 0 Å². The SMILES string of the molecule is CCC(Cn1ccnc1)n1cnc2c(C)cccc2c1=O. The Balaban J connectivity index is 2.07. The van der Waals surface area contributed by atoms with Gasteiger partial charge in [-0.25, -0.2) is 9.97 Å². The van der Waals surface area contributed by atoms with Crippen LogP contribution in [0.4, 0.5) is 0 Å². The van der Waals surface area contributed by atoms with Crippen molar-refractivity contribution in [2.45, 2.75) is 32.9 Å². The van der Waals surface area contributed by atoms with E-state index in [4.69, 9.17) is 0 Å². The fraction of sp³-hybridized carbons (Fsp3) is 0.312. The predicted molar refractivity (Wildman–Crippen MR) is 82.3 cm³/mol. The summed E-state index contributed by atoms with van der Waals surface area (Å²) in [5, 5.41) is 0.682. The normalized spacial score (nSPS) is 12.7. The van der Waals surface area contributed by atoms with Gasteiger partial charge >= 0.3 is 0 Å². The zero-order chi connectivity index (χ0) is 14.8. The molecule has 0 N–H and O–H groups in total. The molecule has 0 fully saturated rings. The Labute approximate surface area is 122 Å². The number of para-hydroxylation sites is 1. The number of rotatable bonds is 4. The van der Waals surface area contributed by atoms with Gasteiger partial charge in [0.15, 0.2) is 0 Å². The van der Waals surface area contributed by atoms with E-state index in [0.29, 0.717) is 5.39 Å². The molecule has 21 heavy (non-hydrogen) atoms. The molecule has 0 aliphatic rings. The van der Waals surface area contributed by atoms with E-state index in [-0.39, 0.29) is 11.6 Å². The van der Waals surface area contributed by atoms with E-state index in [0.717, 1.165) is 24.0 Å². The highest BCUT2D eigenvalue weighted by Gasteiger charge is 2.14. The van der Waals surface area contributed by atoms with Crippen molar-refractivity contribution in [3.8, 4) is 0 Å². The van der Waals surface area contributed by atoms with Crippen molar-refractivity contribution >= 4 is 10.9 Å². The largest absolute Gasteiger partial charge is 0.335 e. The quantitative estimate of drug-likeness (QED) is 0.739. The fourth-order valence-electron chi connectivity index (χ4n) is 2.63. The van der Waals surface area contributed by atoms with E-state index in [1.807, 2.05) is 35.9 Å². The lowest BCUT2D eigenvalue weighted by Crippen LogP contribution is -2.27. The van der Waals surface area contributed by atoms with Gasteiger partial charge in [0.2, 0.25) is 0 Å². The molecule has 3 aromatic rings. The van der Waals surface area contributed by atoms with Crippen LogP contribution in [0.2, 0.25) is 0 Å². The maximum Gasteiger partial charge on any atom is 0.261 e. The molecule has 5 nitrogen and oxygen atoms in total. The standard InChI is InChI=1S/C16H18N4O/c1-3-13(9-19-8-7-17-10-19)20-11-18-15-12(2)5-4-6-14(15)16(20)21/h4-8,10-11,13H,3,9H2,1-2H3. The molecule has 3 rings (SSSR count). The van der Waals surface area contributed by atoms with Crippen molar-refractivity contribution in [3.05, 3.63) is 59.2 Å². The van der Waals surface area contributed by atoms with Gasteiger partial charge in [-0.3, -0.25) is 9.36 Å². The molecule has 2 aromatic heterocycles. The number of hydrogen-bond donors (Lipinski definition) is 0. The van der Waals surface area contributed by atoms with Gasteiger partial charge in [0.25, 0.3) is 5.56 Å². The first-order valence-electron chi connectivity index (χ1n) is 7.13. The first-order chi connectivity index (χ1) is 10.2. The van der Waals surface area contributed by atoms with Crippen molar-refractivity contribution in [2.24, 2.45) is 0 Å². The average molecular weight is 282 g/mol. The Morgan fingerprint density at radius 3 is 2.86 bits per heavy atom. The molecule has 0 amide bonds. The minimum atomic E-state index is 0.0238. The highest BCUT2D eigenvalue weighted by atomic mass is 16.1. The van der Waals surface area contributed by atoms with E-state index >= 15 is 0 Å². The molecule has 108 valence electrons. The van der Waals surface area contributed by atoms with Crippen LogP contribution >= 0.6 is 0 Å². The van der Waals surface area contributed by atoms with Crippen LogP contribution < -0.4 is 5.56 Å². The minimum absolute atomic E-state index is 0.0238. The second-order valence-corrected chi connectivity index (χ2v) is 5.25. The topological polar surface area (TPSA) is 52.7 Å². The first kappa shape index (κ1) is 13.5. The number of aryl methyl sites for hydroxylation is 1. The van der Waals surface area contributed by atoms with Crippen LogP contribution in [0.1, 0.15) is 24.9 Å². The zero-order valence-corrected chi connectivity index (χ0v) is 12.2. The van der Waals surface area contributed by atoms with Crippen LogP contribution in [0.3, 0.4) is 0 Å². The molecule has 1 atom stereocenters. The predicted octanol–water partition coefficient (Wildman–Crippen LogP) is 2.55. The van der Waals surface area contributed by atoms with Crippen molar-refractivity contribution in [2.75, 3.05) is 0 Å². The van der Waals surface area contributed by atoms with Crippen LogP contribution in [0.25, 0.3) is 10.9 Å². The number of aromatic nitrogens is 4. The van der Waals surface area contributed by atoms with Crippen molar-refractivity contribution < 1.29 is 0 Å². The Bertz CT molecular complexity index is 805. The molecule has 1 unspecified atom stereocenters. The molecule has 0 spiro atoms. The number of benzene rings is 1. The van der Waals surface area contributed by atoms with Crippen molar-refractivity contribution in [1.29, 1.82) is 0 Å². The number of fused-ring (bicyclic) bond motifs is 1. The lowest BCUT2D eigenvalue weighted by Gasteiger charge is -2.19. The molecule has 1 aromatic carbocycles. The third-order valence-corrected chi connectivity index (χ3v) is 3.86. The second-order valence-electron chi connectivity index (χ2n) is 5.25. The summed E-state index contributed by atoms with van der Waals surface area (Å²) in [6, 6.07) is 5.80. The summed E-state index contributed by atoms with van der Waals surface area (Å²) in [5.41, 5.74) is 1.84. The Kier molecular flexibility index (Phi) is 3.56. The van der Waals surface area contributed by atoms with Gasteiger partial charge in [-0.15, -0.1) is 0 Å². The molecular weight excluding hydrogens is 264 g/mol. The summed E-state index contributed by atoms with van der Waals surface area (Å²) >= 11 is 0. The van der Waals surface area contributed by atoms with Gasteiger partial charge in [-0.2, -0.15) is 0 Å². The smallest absolute Gasteiger partial charge is 0.261 e. The van der Waals surface area contributed by atoms with Crippen LogP contribution in [-0.2, 0) is 6.54 Å². The molecule has 0 radical (unpaired) electrons. The Hall–Kier alpha value is -2.43. The monoisotopic (exact) mass is 282 g/mol. The lowest BCUT2D eigenvalue weighted by molar-refractivity contribution is 0.406. The van der Waals surface area contributed by atoms with Crippen molar-refractivity contribution in [3.63, 3.8) is 0 Å². The Morgan fingerprint density at radius 2 is 2.14 bits per heavy atom. The number of hydrogen-bond acceptors (Lipinski definition) is 3. The van der Waals surface area contributed by atoms with E-state index in [1.54, 1.807) is 23.4 Å². The molecule has 5 heteroatoms. The van der Waals surface area contributed by atoms with Crippen LogP contribution in [0.15, 0.2) is 48.0 Å². The van der Waals surface area contributed by atoms with Crippen molar-refractivity contribution in [1.82, 2.24) is 19.1 Å². The van der Waals surface area contributed by atoms with E-state index in [1.165, 1.54) is 0 Å². The third kappa shape index (κ3) is 2.46. The van der Waals surface area contributed by atoms with Gasteiger partial charge < -0.3 is 4.57 Å². The number of nitrogens with zero attached hydrogens (tertiary/aromatic N) is 4. The average Bonchev–Trinajstić information content (AvgIpc) is 2.99. The van der Waals surface area contributed by atoms with Gasteiger partial charge in [0, 0.05) is 18.9 Å². The lowest BCUT2D eigenvalue weighted by atomic mass is 10.1. The molecule has 0 aliphatic heterocycles. The summed E-state index contributed by atoms with van der Waals surface area (Å²) < 4.78 is 3.73. The van der Waals surface area contributed by atoms with Gasteiger partial charge in [0.05, 0.1) is 29.6 Å². The van der Waals surface area contributed by atoms with Crippen LogP contribution in [-0.4, -0.2) is 19.1 Å². The molecule has 0 aliphatic carbocycles. The summed E-state index contributed by atoms with van der Waals surface area (Å²) in [6.07, 6.45) is 7.95. The Morgan fingerprint density at radius 1 is 1.29 bits per heavy atom. The summed E-state index contributed by atoms with van der Waals surface area (Å²) in [4.78, 5) is 21.2. The summed E-state index contributed by atoms with van der Waals surface area (Å²) in [7, 11) is 0. The maximum atomic E-state index is 12.7. The van der Waals surface area contributed by atoms with Gasteiger partial charge in [-0.05, 0) is 25.0 Å². The molecule has 2 heterocycles. The second kappa shape index (κ2) is 5.52. The maximum absolute atomic E-state index is 12.7. The highest BCUT2D eigenvalue weighted by Crippen LogP contribution is 2.16. The summed E-state index contributed by atoms with van der Waals surface area (Å²) in [5.74, 6) is 0. The molecular formula is C16H18N4O. The van der Waals surface area contributed by atoms with Crippen LogP contribution in [0, 0.1) is 6.92 Å². The highest BCUT2D eigenvalue weighted by molar-refractivity contribution is 5.80. The first-order valence-corrected chi connectivity index (χ1v) is 7.13. The van der Waals surface area contributed by atoms with E-state index < -0.39 is 0 Å². The molecule has 0 bridgehead atoms. The fourth-order valence-corrected chi connectivity index (χ4v) is 2.63. The van der Waals surface area contributed by atoms with Gasteiger partial charge in [-0.1, -0.05) is 19.1 Å². The summed E-state index contributed by atoms with van der Waals surface area (Å²) in [6.45, 7) is 4.77. The zero-order valence-electron chi connectivity index (χ0n) is 12.2. The van der Waals surface area contributed by atoms with Gasteiger partial charge in [0.1, 0.15) is 0 Å².